The summed E-state index contributed by atoms with van der Waals surface area (Å²) in [6.07, 6.45) is 3.61. The van der Waals surface area contributed by atoms with E-state index in [-0.39, 0.29) is 11.3 Å². The van der Waals surface area contributed by atoms with Gasteiger partial charge in [0.15, 0.2) is 0 Å². The van der Waals surface area contributed by atoms with Crippen LogP contribution >= 0.6 is 0 Å². The van der Waals surface area contributed by atoms with Crippen molar-refractivity contribution in [3.8, 4) is 0 Å². The molecule has 0 atom stereocenters. The minimum Gasteiger partial charge on any atom is -0.322 e. The Kier molecular flexibility index (Phi) is 2.27. The molecule has 0 radical (unpaired) electrons. The molecule has 1 heterocycles. The standard InChI is InChI=1S/C10H17NO/c1-8-5-10(2,3)6-9(12)11(4)7-8/h7H,5-6H2,1-4H3. The van der Waals surface area contributed by atoms with Crippen LogP contribution in [-0.4, -0.2) is 17.9 Å². The minimum atomic E-state index is 0.127. The Morgan fingerprint density at radius 1 is 1.42 bits per heavy atom. The van der Waals surface area contributed by atoms with Crippen LogP contribution in [0.3, 0.4) is 0 Å². The van der Waals surface area contributed by atoms with Crippen molar-refractivity contribution in [2.24, 2.45) is 5.41 Å². The Morgan fingerprint density at radius 2 is 2.00 bits per heavy atom. The molecule has 0 N–H and O–H groups in total. The van der Waals surface area contributed by atoms with Crippen LogP contribution in [0.5, 0.6) is 0 Å². The molecule has 1 amide bonds. The van der Waals surface area contributed by atoms with Gasteiger partial charge in [0.05, 0.1) is 0 Å². The highest BCUT2D eigenvalue weighted by Gasteiger charge is 2.26. The maximum Gasteiger partial charge on any atom is 0.226 e. The second-order valence-corrected chi connectivity index (χ2v) is 4.50. The molecule has 2 nitrogen and oxygen atoms in total. The van der Waals surface area contributed by atoms with E-state index in [0.29, 0.717) is 6.42 Å². The van der Waals surface area contributed by atoms with Gasteiger partial charge in [-0.15, -0.1) is 0 Å². The first kappa shape index (κ1) is 9.30. The summed E-state index contributed by atoms with van der Waals surface area (Å²) in [4.78, 5) is 13.2. The minimum absolute atomic E-state index is 0.127. The molecule has 0 fully saturated rings. The third-order valence-electron chi connectivity index (χ3n) is 2.19. The fourth-order valence-electron chi connectivity index (χ4n) is 1.80. The molecular weight excluding hydrogens is 150 g/mol. The maximum atomic E-state index is 11.5. The SMILES string of the molecule is CC1=CN(C)C(=O)CC(C)(C)C1. The van der Waals surface area contributed by atoms with Crippen molar-refractivity contribution in [3.63, 3.8) is 0 Å². The number of amides is 1. The molecule has 0 saturated carbocycles. The molecule has 0 bridgehead atoms. The maximum absolute atomic E-state index is 11.5. The molecule has 0 saturated heterocycles. The lowest BCUT2D eigenvalue weighted by molar-refractivity contribution is -0.129. The van der Waals surface area contributed by atoms with Crippen LogP contribution in [0.15, 0.2) is 11.8 Å². The number of carbonyl (C=O) groups is 1. The van der Waals surface area contributed by atoms with Crippen LogP contribution in [0.1, 0.15) is 33.6 Å². The van der Waals surface area contributed by atoms with Crippen molar-refractivity contribution in [3.05, 3.63) is 11.8 Å². The van der Waals surface area contributed by atoms with Crippen molar-refractivity contribution < 1.29 is 4.79 Å². The van der Waals surface area contributed by atoms with E-state index >= 15 is 0 Å². The quantitative estimate of drug-likeness (QED) is 0.541. The van der Waals surface area contributed by atoms with Crippen LogP contribution in [0.4, 0.5) is 0 Å². The average molecular weight is 167 g/mol. The summed E-state index contributed by atoms with van der Waals surface area (Å²) in [6.45, 7) is 6.36. The third-order valence-corrected chi connectivity index (χ3v) is 2.19. The Morgan fingerprint density at radius 3 is 2.58 bits per heavy atom. The summed E-state index contributed by atoms with van der Waals surface area (Å²) < 4.78 is 0. The van der Waals surface area contributed by atoms with E-state index in [0.717, 1.165) is 6.42 Å². The van der Waals surface area contributed by atoms with Gasteiger partial charge in [-0.2, -0.15) is 0 Å². The first-order valence-electron chi connectivity index (χ1n) is 4.34. The first-order valence-corrected chi connectivity index (χ1v) is 4.34. The van der Waals surface area contributed by atoms with E-state index in [1.807, 2.05) is 13.2 Å². The van der Waals surface area contributed by atoms with Gasteiger partial charge in [-0.3, -0.25) is 4.79 Å². The summed E-state index contributed by atoms with van der Waals surface area (Å²) in [7, 11) is 1.83. The molecule has 1 rings (SSSR count). The summed E-state index contributed by atoms with van der Waals surface area (Å²) in [5.41, 5.74) is 1.41. The predicted octanol–water partition coefficient (Wildman–Crippen LogP) is 2.17. The van der Waals surface area contributed by atoms with Gasteiger partial charge in [0.2, 0.25) is 5.91 Å². The van der Waals surface area contributed by atoms with Crippen LogP contribution in [0.2, 0.25) is 0 Å². The van der Waals surface area contributed by atoms with Crippen LogP contribution in [0.25, 0.3) is 0 Å². The highest BCUT2D eigenvalue weighted by molar-refractivity contribution is 5.78. The molecule has 2 heteroatoms. The first-order chi connectivity index (χ1) is 5.41. The Balaban J connectivity index is 2.87. The van der Waals surface area contributed by atoms with Gasteiger partial charge in [-0.25, -0.2) is 0 Å². The molecule has 12 heavy (non-hydrogen) atoms. The average Bonchev–Trinajstić information content (AvgIpc) is 1.89. The van der Waals surface area contributed by atoms with E-state index < -0.39 is 0 Å². The van der Waals surface area contributed by atoms with Crippen molar-refractivity contribution in [1.29, 1.82) is 0 Å². The van der Waals surface area contributed by atoms with Crippen molar-refractivity contribution in [2.45, 2.75) is 33.6 Å². The Labute approximate surface area is 74.2 Å². The lowest BCUT2D eigenvalue weighted by Gasteiger charge is -2.21. The fourth-order valence-corrected chi connectivity index (χ4v) is 1.80. The number of hydrogen-bond acceptors (Lipinski definition) is 1. The monoisotopic (exact) mass is 167 g/mol. The molecule has 0 aromatic carbocycles. The summed E-state index contributed by atoms with van der Waals surface area (Å²) >= 11 is 0. The van der Waals surface area contributed by atoms with E-state index in [1.165, 1.54) is 5.57 Å². The van der Waals surface area contributed by atoms with Gasteiger partial charge in [-0.1, -0.05) is 19.4 Å². The van der Waals surface area contributed by atoms with E-state index in [4.69, 9.17) is 0 Å². The second kappa shape index (κ2) is 2.92. The van der Waals surface area contributed by atoms with Gasteiger partial charge in [0, 0.05) is 19.7 Å². The molecule has 0 aliphatic carbocycles. The number of rotatable bonds is 0. The number of nitrogens with zero attached hydrogens (tertiary/aromatic N) is 1. The predicted molar refractivity (Wildman–Crippen MR) is 49.5 cm³/mol. The van der Waals surface area contributed by atoms with Crippen molar-refractivity contribution in [2.75, 3.05) is 7.05 Å². The number of allylic oxidation sites excluding steroid dienone is 1. The lowest BCUT2D eigenvalue weighted by atomic mass is 9.83. The topological polar surface area (TPSA) is 20.3 Å². The van der Waals surface area contributed by atoms with Crippen LogP contribution in [0, 0.1) is 5.41 Å². The van der Waals surface area contributed by atoms with E-state index in [9.17, 15) is 4.79 Å². The van der Waals surface area contributed by atoms with Crippen molar-refractivity contribution >= 4 is 5.91 Å². The number of hydrogen-bond donors (Lipinski definition) is 0. The van der Waals surface area contributed by atoms with Gasteiger partial charge in [-0.05, 0) is 18.8 Å². The van der Waals surface area contributed by atoms with Gasteiger partial charge in [0.1, 0.15) is 0 Å². The summed E-state index contributed by atoms with van der Waals surface area (Å²) in [6, 6.07) is 0. The molecule has 1 aliphatic heterocycles. The lowest BCUT2D eigenvalue weighted by Crippen LogP contribution is -2.24. The largest absolute Gasteiger partial charge is 0.322 e. The Hall–Kier alpha value is -0.790. The Bertz CT molecular complexity index is 228. The van der Waals surface area contributed by atoms with E-state index in [1.54, 1.807) is 4.90 Å². The molecule has 1 aliphatic rings. The zero-order chi connectivity index (χ0) is 9.35. The van der Waals surface area contributed by atoms with Gasteiger partial charge in [0.25, 0.3) is 0 Å². The normalized spacial score (nSPS) is 23.5. The summed E-state index contributed by atoms with van der Waals surface area (Å²) in [5, 5.41) is 0. The molecular formula is C10H17NO. The van der Waals surface area contributed by atoms with Crippen molar-refractivity contribution in [1.82, 2.24) is 4.90 Å². The smallest absolute Gasteiger partial charge is 0.226 e. The second-order valence-electron chi connectivity index (χ2n) is 4.50. The van der Waals surface area contributed by atoms with Crippen LogP contribution < -0.4 is 0 Å². The molecule has 0 aromatic heterocycles. The highest BCUT2D eigenvalue weighted by atomic mass is 16.2. The molecule has 0 spiro atoms. The summed E-state index contributed by atoms with van der Waals surface area (Å²) in [5.74, 6) is 0.219. The van der Waals surface area contributed by atoms with Gasteiger partial charge >= 0.3 is 0 Å². The van der Waals surface area contributed by atoms with Gasteiger partial charge < -0.3 is 4.90 Å². The highest BCUT2D eigenvalue weighted by Crippen LogP contribution is 2.31. The van der Waals surface area contributed by atoms with Crippen LogP contribution in [-0.2, 0) is 4.79 Å². The fraction of sp³-hybridized carbons (Fsp3) is 0.700. The molecule has 68 valence electrons. The van der Waals surface area contributed by atoms with E-state index in [2.05, 4.69) is 20.8 Å². The zero-order valence-electron chi connectivity index (χ0n) is 8.35. The third kappa shape index (κ3) is 2.10. The zero-order valence-corrected chi connectivity index (χ0v) is 8.35. The number of carbonyl (C=O) groups excluding carboxylic acids is 1. The molecule has 0 aromatic rings. The molecule has 0 unspecified atom stereocenters.